The van der Waals surface area contributed by atoms with Crippen molar-refractivity contribution < 1.29 is 13.2 Å². The molecule has 0 aliphatic heterocycles. The summed E-state index contributed by atoms with van der Waals surface area (Å²) in [7, 11) is 0. The number of hydrogen-bond acceptors (Lipinski definition) is 2. The van der Waals surface area contributed by atoms with E-state index in [1.54, 1.807) is 6.20 Å². The van der Waals surface area contributed by atoms with Gasteiger partial charge in [-0.1, -0.05) is 32.7 Å². The number of hydrogen-bond donors (Lipinski definition) is 0. The van der Waals surface area contributed by atoms with Gasteiger partial charge in [0.1, 0.15) is 0 Å². The van der Waals surface area contributed by atoms with Crippen molar-refractivity contribution in [3.63, 3.8) is 0 Å². The van der Waals surface area contributed by atoms with Crippen molar-refractivity contribution in [1.29, 1.82) is 0 Å². The van der Waals surface area contributed by atoms with Gasteiger partial charge in [0.25, 0.3) is 0 Å². The Balaban J connectivity index is 2.41. The van der Waals surface area contributed by atoms with Crippen LogP contribution in [0.15, 0.2) is 24.4 Å². The van der Waals surface area contributed by atoms with Crippen LogP contribution in [0.3, 0.4) is 0 Å². The van der Waals surface area contributed by atoms with E-state index in [1.165, 1.54) is 10.7 Å². The van der Waals surface area contributed by atoms with Crippen LogP contribution < -0.4 is 0 Å². The van der Waals surface area contributed by atoms with Crippen molar-refractivity contribution in [2.45, 2.75) is 12.6 Å². The van der Waals surface area contributed by atoms with Crippen molar-refractivity contribution in [1.82, 2.24) is 15.0 Å². The number of alkyl halides is 4. The zero-order valence-corrected chi connectivity index (χ0v) is 11.8. The third-order valence-corrected chi connectivity index (χ3v) is 2.98. The molecule has 0 saturated carbocycles. The van der Waals surface area contributed by atoms with E-state index in [9.17, 15) is 13.2 Å². The van der Waals surface area contributed by atoms with Crippen molar-refractivity contribution in [2.75, 3.05) is 5.33 Å². The number of aromatic nitrogens is 3. The lowest BCUT2D eigenvalue weighted by atomic mass is 10.2. The van der Waals surface area contributed by atoms with Crippen molar-refractivity contribution in [3.8, 4) is 5.69 Å². The number of rotatable bonds is 3. The molecule has 0 saturated heterocycles. The molecule has 19 heavy (non-hydrogen) atoms. The summed E-state index contributed by atoms with van der Waals surface area (Å²) < 4.78 is 39.3. The molecule has 0 atom stereocenters. The van der Waals surface area contributed by atoms with Gasteiger partial charge < -0.3 is 0 Å². The molecule has 0 unspecified atom stereocenters. The minimum atomic E-state index is -4.45. The molecule has 0 radical (unpaired) electrons. The molecule has 1 aromatic carbocycles. The van der Waals surface area contributed by atoms with Crippen molar-refractivity contribution >= 4 is 27.5 Å². The molecule has 3 nitrogen and oxygen atoms in total. The smallest absolute Gasteiger partial charge is 0.220 e. The third-order valence-electron chi connectivity index (χ3n) is 2.37. The Morgan fingerprint density at radius 2 is 2.00 bits per heavy atom. The fourth-order valence-electron chi connectivity index (χ4n) is 1.51. The zero-order chi connectivity index (χ0) is 14.0. The predicted molar refractivity (Wildman–Crippen MR) is 68.9 cm³/mol. The van der Waals surface area contributed by atoms with Crippen LogP contribution in [0.4, 0.5) is 13.2 Å². The highest BCUT2D eigenvalue weighted by Crippen LogP contribution is 2.32. The maximum atomic E-state index is 12.7. The Kier molecular flexibility index (Phi) is 4.15. The van der Waals surface area contributed by atoms with Gasteiger partial charge in [-0.3, -0.25) is 0 Å². The van der Waals surface area contributed by atoms with Crippen LogP contribution in [0, 0.1) is 0 Å². The van der Waals surface area contributed by atoms with E-state index in [-0.39, 0.29) is 10.7 Å². The molecule has 1 heterocycles. The Morgan fingerprint density at radius 1 is 1.26 bits per heavy atom. The van der Waals surface area contributed by atoms with Crippen LogP contribution in [0.25, 0.3) is 5.69 Å². The fraction of sp³-hybridized carbons (Fsp3) is 0.273. The molecule has 0 aliphatic carbocycles. The number of aryl methyl sites for hydroxylation is 1. The second kappa shape index (κ2) is 5.50. The van der Waals surface area contributed by atoms with Gasteiger partial charge in [0.2, 0.25) is 0 Å². The van der Waals surface area contributed by atoms with Gasteiger partial charge in [-0.05, 0) is 18.2 Å². The monoisotopic (exact) mass is 353 g/mol. The predicted octanol–water partition coefficient (Wildman–Crippen LogP) is 3.88. The SMILES string of the molecule is FC(F)(F)c1cc(Cl)cc(-n2cc(CCBr)nn2)c1. The molecule has 102 valence electrons. The first kappa shape index (κ1) is 14.3. The maximum Gasteiger partial charge on any atom is 0.416 e. The Hall–Kier alpha value is -1.08. The van der Waals surface area contributed by atoms with Crippen LogP contribution in [0.5, 0.6) is 0 Å². The zero-order valence-electron chi connectivity index (χ0n) is 9.46. The molecule has 0 bridgehead atoms. The average molecular weight is 355 g/mol. The summed E-state index contributed by atoms with van der Waals surface area (Å²) in [6.07, 6.45) is -2.22. The molecule has 0 fully saturated rings. The van der Waals surface area contributed by atoms with Crippen molar-refractivity contribution in [3.05, 3.63) is 40.7 Å². The third kappa shape index (κ3) is 3.48. The molecule has 2 aromatic rings. The van der Waals surface area contributed by atoms with Crippen LogP contribution >= 0.6 is 27.5 Å². The van der Waals surface area contributed by atoms with E-state index in [0.29, 0.717) is 17.4 Å². The van der Waals surface area contributed by atoms with Gasteiger partial charge >= 0.3 is 6.18 Å². The Morgan fingerprint density at radius 3 is 2.63 bits per heavy atom. The Bertz CT molecular complexity index is 583. The second-order valence-electron chi connectivity index (χ2n) is 3.79. The highest BCUT2D eigenvalue weighted by molar-refractivity contribution is 9.09. The molecule has 0 spiro atoms. The first-order chi connectivity index (χ1) is 8.90. The van der Waals surface area contributed by atoms with E-state index in [4.69, 9.17) is 11.6 Å². The molecule has 1 aromatic heterocycles. The Labute approximate surface area is 120 Å². The number of nitrogens with zero attached hydrogens (tertiary/aromatic N) is 3. The molecular weight excluding hydrogens is 346 g/mol. The van der Waals surface area contributed by atoms with Gasteiger partial charge in [0.15, 0.2) is 0 Å². The highest BCUT2D eigenvalue weighted by atomic mass is 79.9. The van der Waals surface area contributed by atoms with E-state index in [0.717, 1.165) is 12.1 Å². The van der Waals surface area contributed by atoms with Crippen LogP contribution in [-0.2, 0) is 12.6 Å². The number of benzene rings is 1. The second-order valence-corrected chi connectivity index (χ2v) is 5.02. The summed E-state index contributed by atoms with van der Waals surface area (Å²) in [5, 5.41) is 8.36. The first-order valence-electron chi connectivity index (χ1n) is 5.25. The van der Waals surface area contributed by atoms with Gasteiger partial charge in [0.05, 0.1) is 23.1 Å². The molecule has 0 amide bonds. The number of halogens is 5. The van der Waals surface area contributed by atoms with E-state index in [2.05, 4.69) is 26.2 Å². The molecular formula is C11H8BrClF3N3. The summed E-state index contributed by atoms with van der Waals surface area (Å²) in [4.78, 5) is 0. The van der Waals surface area contributed by atoms with Crippen LogP contribution in [0.1, 0.15) is 11.3 Å². The summed E-state index contributed by atoms with van der Waals surface area (Å²) in [6.45, 7) is 0. The summed E-state index contributed by atoms with van der Waals surface area (Å²) in [5.41, 5.74) is 0.103. The molecule has 0 N–H and O–H groups in total. The molecule has 2 rings (SSSR count). The molecule has 8 heteroatoms. The van der Waals surface area contributed by atoms with E-state index >= 15 is 0 Å². The molecule has 0 aliphatic rings. The van der Waals surface area contributed by atoms with Crippen LogP contribution in [-0.4, -0.2) is 20.3 Å². The largest absolute Gasteiger partial charge is 0.416 e. The maximum absolute atomic E-state index is 12.7. The minimum Gasteiger partial charge on any atom is -0.220 e. The highest BCUT2D eigenvalue weighted by Gasteiger charge is 2.31. The van der Waals surface area contributed by atoms with Gasteiger partial charge in [-0.2, -0.15) is 13.2 Å². The van der Waals surface area contributed by atoms with Gasteiger partial charge in [0, 0.05) is 16.8 Å². The minimum absolute atomic E-state index is 0.00219. The van der Waals surface area contributed by atoms with Crippen LogP contribution in [0.2, 0.25) is 5.02 Å². The summed E-state index contributed by atoms with van der Waals surface area (Å²) in [5.74, 6) is 0. The standard InChI is InChI=1S/C11H8BrClF3N3/c12-2-1-9-6-19(18-17-9)10-4-7(11(14,15)16)3-8(13)5-10/h3-6H,1-2H2. The normalized spacial score (nSPS) is 11.8. The fourth-order valence-corrected chi connectivity index (χ4v) is 2.14. The van der Waals surface area contributed by atoms with Crippen molar-refractivity contribution in [2.24, 2.45) is 0 Å². The summed E-state index contributed by atoms with van der Waals surface area (Å²) >= 11 is 8.96. The average Bonchev–Trinajstić information content (AvgIpc) is 2.76. The lowest BCUT2D eigenvalue weighted by Gasteiger charge is -2.09. The first-order valence-corrected chi connectivity index (χ1v) is 6.75. The lowest BCUT2D eigenvalue weighted by molar-refractivity contribution is -0.137. The van der Waals surface area contributed by atoms with E-state index < -0.39 is 11.7 Å². The topological polar surface area (TPSA) is 30.7 Å². The van der Waals surface area contributed by atoms with Gasteiger partial charge in [-0.25, -0.2) is 4.68 Å². The van der Waals surface area contributed by atoms with E-state index in [1.807, 2.05) is 0 Å². The lowest BCUT2D eigenvalue weighted by Crippen LogP contribution is -2.06. The quantitative estimate of drug-likeness (QED) is 0.783. The van der Waals surface area contributed by atoms with Gasteiger partial charge in [-0.15, -0.1) is 5.10 Å². The summed E-state index contributed by atoms with van der Waals surface area (Å²) in [6, 6.07) is 3.27.